The number of oxazole rings is 1. The van der Waals surface area contributed by atoms with Crippen LogP contribution in [0.15, 0.2) is 84.3 Å². The van der Waals surface area contributed by atoms with E-state index in [0.717, 1.165) is 89.2 Å². The molecule has 0 bridgehead atoms. The van der Waals surface area contributed by atoms with E-state index in [4.69, 9.17) is 18.9 Å². The number of nitrogens with one attached hydrogen (secondary N) is 1. The summed E-state index contributed by atoms with van der Waals surface area (Å²) in [6, 6.07) is 18.2. The van der Waals surface area contributed by atoms with Crippen molar-refractivity contribution in [2.45, 2.75) is 39.0 Å². The minimum Gasteiger partial charge on any atom is -1.00 e. The van der Waals surface area contributed by atoms with Crippen molar-refractivity contribution in [3.63, 3.8) is 0 Å². The highest BCUT2D eigenvalue weighted by Crippen LogP contribution is 2.36. The number of fused-ring (bicyclic) bond motifs is 1. The van der Waals surface area contributed by atoms with Gasteiger partial charge in [0, 0.05) is 24.1 Å². The molecule has 1 heterocycles. The van der Waals surface area contributed by atoms with Crippen molar-refractivity contribution in [1.82, 2.24) is 10.3 Å². The van der Waals surface area contributed by atoms with E-state index >= 15 is 0 Å². The Kier molecular flexibility index (Phi) is 13.4. The number of ether oxygens (including phenoxy) is 2. The maximum Gasteiger partial charge on any atom is 0.275 e. The molecule has 4 aromatic rings. The normalized spacial score (nSPS) is 11.1. The van der Waals surface area contributed by atoms with Crippen LogP contribution in [0.2, 0.25) is 0 Å². The molecule has 7 nitrogen and oxygen atoms in total. The fourth-order valence-electron chi connectivity index (χ4n) is 5.28. The van der Waals surface area contributed by atoms with Gasteiger partial charge in [0.2, 0.25) is 5.89 Å². The third-order valence-corrected chi connectivity index (χ3v) is 7.57. The number of hydrogen-bond donors (Lipinski definition) is 1. The van der Waals surface area contributed by atoms with E-state index in [1.165, 1.54) is 0 Å². The summed E-state index contributed by atoms with van der Waals surface area (Å²) in [6.45, 7) is 12.6. The van der Waals surface area contributed by atoms with Gasteiger partial charge in [-0.3, -0.25) is 4.79 Å². The lowest BCUT2D eigenvalue weighted by Gasteiger charge is -2.29. The lowest BCUT2D eigenvalue weighted by atomic mass is 9.97. The Morgan fingerprint density at radius 1 is 1.02 bits per heavy atom. The van der Waals surface area contributed by atoms with Crippen molar-refractivity contribution in [2.75, 3.05) is 47.4 Å². The molecule has 1 amide bonds. The Morgan fingerprint density at radius 2 is 1.82 bits per heavy atom. The van der Waals surface area contributed by atoms with Gasteiger partial charge in [-0.1, -0.05) is 37.6 Å². The van der Waals surface area contributed by atoms with E-state index in [2.05, 4.69) is 63.8 Å². The molecule has 0 aliphatic rings. The van der Waals surface area contributed by atoms with Gasteiger partial charge in [0.15, 0.2) is 12.1 Å². The SMILES string of the molecule is C=CCc1cc(-c2ccc(OCCC[N+](C)(C)CC(=O)NCCCC)c(CC=C)c2)c2oc(-c3cccc(OC)c3)nc2c1.[Br-]. The first-order valence-corrected chi connectivity index (χ1v) is 15.4. The maximum absolute atomic E-state index is 12.3. The molecule has 1 N–H and O–H groups in total. The molecule has 4 rings (SSSR count). The second-order valence-electron chi connectivity index (χ2n) is 11.8. The summed E-state index contributed by atoms with van der Waals surface area (Å²) in [4.78, 5) is 17.1. The van der Waals surface area contributed by atoms with Crippen molar-refractivity contribution in [3.05, 3.63) is 91.0 Å². The largest absolute Gasteiger partial charge is 1.00 e. The van der Waals surface area contributed by atoms with Crippen LogP contribution >= 0.6 is 0 Å². The molecule has 8 heteroatoms. The number of rotatable bonds is 17. The molecule has 1 aromatic heterocycles. The molecular weight excluding hydrogens is 630 g/mol. The van der Waals surface area contributed by atoms with Gasteiger partial charge in [-0.15, -0.1) is 13.2 Å². The van der Waals surface area contributed by atoms with E-state index in [0.29, 0.717) is 29.9 Å². The number of hydrogen-bond acceptors (Lipinski definition) is 5. The van der Waals surface area contributed by atoms with Crippen LogP contribution in [0.3, 0.4) is 0 Å². The highest BCUT2D eigenvalue weighted by atomic mass is 79.9. The summed E-state index contributed by atoms with van der Waals surface area (Å²) >= 11 is 0. The molecule has 0 saturated carbocycles. The van der Waals surface area contributed by atoms with E-state index in [9.17, 15) is 4.79 Å². The number of amides is 1. The van der Waals surface area contributed by atoms with Gasteiger partial charge in [-0.25, -0.2) is 4.98 Å². The topological polar surface area (TPSA) is 73.6 Å². The van der Waals surface area contributed by atoms with Gasteiger partial charge in [0.25, 0.3) is 5.91 Å². The Morgan fingerprint density at radius 3 is 2.56 bits per heavy atom. The molecule has 0 radical (unpaired) electrons. The highest BCUT2D eigenvalue weighted by molar-refractivity contribution is 5.92. The van der Waals surface area contributed by atoms with Crippen LogP contribution in [-0.4, -0.2) is 62.8 Å². The first-order chi connectivity index (χ1) is 21.3. The summed E-state index contributed by atoms with van der Waals surface area (Å²) in [6.07, 6.45) is 8.09. The van der Waals surface area contributed by atoms with Gasteiger partial charge < -0.3 is 40.7 Å². The molecule has 240 valence electrons. The van der Waals surface area contributed by atoms with Crippen LogP contribution < -0.4 is 31.8 Å². The van der Waals surface area contributed by atoms with Gasteiger partial charge in [0.05, 0.1) is 34.4 Å². The van der Waals surface area contributed by atoms with Crippen LogP contribution in [0.25, 0.3) is 33.7 Å². The number of nitrogens with zero attached hydrogens (tertiary/aromatic N) is 2. The lowest BCUT2D eigenvalue weighted by molar-refractivity contribution is -0.882. The van der Waals surface area contributed by atoms with Gasteiger partial charge >= 0.3 is 0 Å². The second kappa shape index (κ2) is 17.0. The average molecular weight is 677 g/mol. The fourth-order valence-corrected chi connectivity index (χ4v) is 5.28. The van der Waals surface area contributed by atoms with Gasteiger partial charge in [-0.2, -0.15) is 0 Å². The molecular formula is C37H46BrN3O4. The molecule has 0 atom stereocenters. The second-order valence-corrected chi connectivity index (χ2v) is 11.8. The Balaban J connectivity index is 0.00000552. The van der Waals surface area contributed by atoms with Crippen molar-refractivity contribution in [3.8, 4) is 34.1 Å². The van der Waals surface area contributed by atoms with Crippen LogP contribution in [-0.2, 0) is 17.6 Å². The van der Waals surface area contributed by atoms with Crippen molar-refractivity contribution in [1.29, 1.82) is 0 Å². The number of methoxy groups -OCH3 is 1. The van der Waals surface area contributed by atoms with Crippen LogP contribution in [0.5, 0.6) is 11.5 Å². The van der Waals surface area contributed by atoms with Crippen molar-refractivity contribution >= 4 is 17.0 Å². The Bertz CT molecular complexity index is 1590. The molecule has 0 unspecified atom stereocenters. The fraction of sp³-hybridized carbons (Fsp3) is 0.351. The smallest absolute Gasteiger partial charge is 0.275 e. The molecule has 3 aromatic carbocycles. The van der Waals surface area contributed by atoms with Crippen LogP contribution in [0.1, 0.15) is 37.3 Å². The summed E-state index contributed by atoms with van der Waals surface area (Å²) in [5, 5.41) is 3.02. The zero-order chi connectivity index (χ0) is 31.5. The van der Waals surface area contributed by atoms with Crippen molar-refractivity contribution < 1.29 is 40.1 Å². The monoisotopic (exact) mass is 675 g/mol. The number of aromatic nitrogens is 1. The third kappa shape index (κ3) is 9.80. The Hall–Kier alpha value is -3.88. The summed E-state index contributed by atoms with van der Waals surface area (Å²) < 4.78 is 18.7. The van der Waals surface area contributed by atoms with Crippen LogP contribution in [0, 0.1) is 0 Å². The quantitative estimate of drug-likeness (QED) is 0.102. The average Bonchev–Trinajstić information content (AvgIpc) is 3.44. The number of halogens is 1. The lowest BCUT2D eigenvalue weighted by Crippen LogP contribution is -3.00. The molecule has 0 aliphatic heterocycles. The molecule has 0 aliphatic carbocycles. The predicted molar refractivity (Wildman–Crippen MR) is 179 cm³/mol. The third-order valence-electron chi connectivity index (χ3n) is 7.57. The number of carbonyl (C=O) groups is 1. The van der Waals surface area contributed by atoms with E-state index in [1.54, 1.807) is 7.11 Å². The van der Waals surface area contributed by atoms with E-state index in [1.807, 2.05) is 42.5 Å². The van der Waals surface area contributed by atoms with Gasteiger partial charge in [0.1, 0.15) is 17.0 Å². The van der Waals surface area contributed by atoms with E-state index in [-0.39, 0.29) is 22.9 Å². The number of unbranched alkanes of at least 4 members (excludes halogenated alkanes) is 1. The minimum absolute atomic E-state index is 0. The standard InChI is InChI=1S/C37H45N3O4.BrH/c1-7-10-19-38-35(41)26-40(4,5)20-12-21-43-34-18-17-28(24-29(34)14-9-3)32-22-27(13-8-2)23-33-36(32)44-37(39-33)30-15-11-16-31(25-30)42-6;/h8-9,11,15-18,22-25H,2-3,7,10,12-14,19-21,26H2,1,4-6H3;1H. The maximum atomic E-state index is 12.3. The highest BCUT2D eigenvalue weighted by Gasteiger charge is 2.20. The Labute approximate surface area is 278 Å². The first-order valence-electron chi connectivity index (χ1n) is 15.4. The minimum atomic E-state index is 0. The number of benzene rings is 3. The number of quaternary nitrogens is 1. The summed E-state index contributed by atoms with van der Waals surface area (Å²) in [5.41, 5.74) is 6.52. The van der Waals surface area contributed by atoms with Crippen LogP contribution in [0.4, 0.5) is 0 Å². The first kappa shape index (κ1) is 35.6. The number of carbonyl (C=O) groups excluding carboxylic acids is 1. The molecule has 45 heavy (non-hydrogen) atoms. The predicted octanol–water partition coefficient (Wildman–Crippen LogP) is 4.39. The summed E-state index contributed by atoms with van der Waals surface area (Å²) in [7, 11) is 5.82. The van der Waals surface area contributed by atoms with E-state index < -0.39 is 0 Å². The summed E-state index contributed by atoms with van der Waals surface area (Å²) in [5.74, 6) is 2.23. The molecule has 0 saturated heterocycles. The number of allylic oxidation sites excluding steroid dienone is 2. The number of likely N-dealkylation sites (N-methyl/N-ethyl adjacent to an activating group) is 1. The zero-order valence-electron chi connectivity index (χ0n) is 27.0. The molecule has 0 spiro atoms. The van der Waals surface area contributed by atoms with Crippen molar-refractivity contribution in [2.24, 2.45) is 0 Å². The zero-order valence-corrected chi connectivity index (χ0v) is 28.6. The van der Waals surface area contributed by atoms with Gasteiger partial charge in [-0.05, 0) is 78.4 Å². The molecule has 0 fully saturated rings.